The molecule has 0 bridgehead atoms. The Morgan fingerprint density at radius 1 is 0.784 bits per heavy atom. The number of hydrogen-bond acceptors (Lipinski definition) is 5. The van der Waals surface area contributed by atoms with Crippen molar-refractivity contribution in [2.45, 2.75) is 71.1 Å². The van der Waals surface area contributed by atoms with Gasteiger partial charge in [0.05, 0.1) is 25.0 Å². The van der Waals surface area contributed by atoms with Crippen LogP contribution >= 0.6 is 0 Å². The average Bonchev–Trinajstić information content (AvgIpc) is 3.39. The van der Waals surface area contributed by atoms with Crippen molar-refractivity contribution < 1.29 is 14.2 Å². The van der Waals surface area contributed by atoms with E-state index < -0.39 is 0 Å². The van der Waals surface area contributed by atoms with Crippen LogP contribution in [0.1, 0.15) is 87.8 Å². The van der Waals surface area contributed by atoms with Gasteiger partial charge in [0, 0.05) is 17.5 Å². The summed E-state index contributed by atoms with van der Waals surface area (Å²) in [5.41, 5.74) is 4.45. The van der Waals surface area contributed by atoms with E-state index in [9.17, 15) is 0 Å². The maximum absolute atomic E-state index is 6.51. The highest BCUT2D eigenvalue weighted by Gasteiger charge is 2.40. The topological polar surface area (TPSA) is 43.3 Å². The lowest BCUT2D eigenvalue weighted by Gasteiger charge is -2.38. The third-order valence-electron chi connectivity index (χ3n) is 7.09. The summed E-state index contributed by atoms with van der Waals surface area (Å²) in [6.07, 6.45) is 7.56. The van der Waals surface area contributed by atoms with Crippen LogP contribution in [0.2, 0.25) is 0 Å². The molecular weight excluding hydrogens is 460 g/mol. The molecule has 0 N–H and O–H groups in total. The molecule has 5 nitrogen and oxygen atoms in total. The van der Waals surface area contributed by atoms with Crippen molar-refractivity contribution >= 4 is 5.71 Å². The van der Waals surface area contributed by atoms with Gasteiger partial charge in [0.25, 0.3) is 0 Å². The fourth-order valence-corrected chi connectivity index (χ4v) is 4.95. The van der Waals surface area contributed by atoms with Crippen molar-refractivity contribution in [1.82, 2.24) is 5.01 Å². The fraction of sp³-hybridized carbons (Fsp3) is 0.406. The maximum Gasteiger partial charge on any atom is 0.213 e. The van der Waals surface area contributed by atoms with Gasteiger partial charge in [-0.05, 0) is 73.0 Å². The molecule has 0 fully saturated rings. The predicted octanol–water partition coefficient (Wildman–Crippen LogP) is 8.07. The number of unbranched alkanes of at least 4 members (excludes halogenated alkanes) is 4. The maximum atomic E-state index is 6.51. The molecule has 0 saturated carbocycles. The zero-order valence-corrected chi connectivity index (χ0v) is 22.1. The standard InChI is InChI=1S/C32H38N2O3/c1-3-5-7-10-22-36-27-19-15-25(16-20-27)32-34-30(28-11-8-9-12-31(28)37-32)23-29(33-34)24-13-17-26(18-14-24)35-21-6-4-2/h8-9,11-20,30,32H,3-7,10,21-23H2,1-2H3/t30-,32+/m0/s1. The van der Waals surface area contributed by atoms with Crippen molar-refractivity contribution in [3.8, 4) is 17.2 Å². The van der Waals surface area contributed by atoms with Crippen LogP contribution < -0.4 is 14.2 Å². The van der Waals surface area contributed by atoms with Crippen LogP contribution in [-0.4, -0.2) is 23.9 Å². The Hall–Kier alpha value is -3.47. The second-order valence-electron chi connectivity index (χ2n) is 9.86. The first-order chi connectivity index (χ1) is 18.3. The highest BCUT2D eigenvalue weighted by Crippen LogP contribution is 2.47. The number of nitrogens with zero attached hydrogens (tertiary/aromatic N) is 2. The van der Waals surface area contributed by atoms with Crippen LogP contribution in [0, 0.1) is 0 Å². The largest absolute Gasteiger partial charge is 0.494 e. The molecule has 2 aliphatic rings. The van der Waals surface area contributed by atoms with E-state index in [4.69, 9.17) is 19.3 Å². The molecule has 0 saturated heterocycles. The van der Waals surface area contributed by atoms with Crippen molar-refractivity contribution in [2.75, 3.05) is 13.2 Å². The van der Waals surface area contributed by atoms with Gasteiger partial charge in [0.2, 0.25) is 6.23 Å². The quantitative estimate of drug-likeness (QED) is 0.237. The summed E-state index contributed by atoms with van der Waals surface area (Å²) in [7, 11) is 0. The van der Waals surface area contributed by atoms with Crippen molar-refractivity contribution in [1.29, 1.82) is 0 Å². The van der Waals surface area contributed by atoms with Crippen LogP contribution in [0.4, 0.5) is 0 Å². The zero-order chi connectivity index (χ0) is 25.5. The normalized spacial score (nSPS) is 18.0. The molecule has 3 aromatic carbocycles. The minimum Gasteiger partial charge on any atom is -0.494 e. The minimum absolute atomic E-state index is 0.139. The van der Waals surface area contributed by atoms with E-state index in [2.05, 4.69) is 61.3 Å². The fourth-order valence-electron chi connectivity index (χ4n) is 4.95. The molecule has 2 aliphatic heterocycles. The predicted molar refractivity (Wildman–Crippen MR) is 148 cm³/mol. The Morgan fingerprint density at radius 3 is 2.19 bits per heavy atom. The Bertz CT molecular complexity index is 1170. The molecule has 5 heteroatoms. The van der Waals surface area contributed by atoms with E-state index in [1.165, 1.54) is 24.8 Å². The lowest BCUT2D eigenvalue weighted by Crippen LogP contribution is -2.33. The number of ether oxygens (including phenoxy) is 3. The lowest BCUT2D eigenvalue weighted by molar-refractivity contribution is -0.0190. The molecule has 0 unspecified atom stereocenters. The van der Waals surface area contributed by atoms with Gasteiger partial charge in [0.1, 0.15) is 17.2 Å². The van der Waals surface area contributed by atoms with E-state index in [0.717, 1.165) is 73.0 Å². The number of rotatable bonds is 12. The Balaban J connectivity index is 1.33. The smallest absolute Gasteiger partial charge is 0.213 e. The van der Waals surface area contributed by atoms with Crippen LogP contribution in [-0.2, 0) is 0 Å². The molecule has 0 spiro atoms. The molecule has 0 aliphatic carbocycles. The van der Waals surface area contributed by atoms with Gasteiger partial charge in [-0.1, -0.05) is 57.7 Å². The summed E-state index contributed by atoms with van der Waals surface area (Å²) in [4.78, 5) is 0. The number of para-hydroxylation sites is 1. The van der Waals surface area contributed by atoms with E-state index in [0.29, 0.717) is 0 Å². The molecule has 194 valence electrons. The van der Waals surface area contributed by atoms with Crippen LogP contribution in [0.25, 0.3) is 0 Å². The summed E-state index contributed by atoms with van der Waals surface area (Å²) in [6.45, 7) is 5.91. The third kappa shape index (κ3) is 5.93. The highest BCUT2D eigenvalue weighted by molar-refractivity contribution is 6.02. The molecule has 0 radical (unpaired) electrons. The highest BCUT2D eigenvalue weighted by atomic mass is 16.5. The first-order valence-electron chi connectivity index (χ1n) is 13.8. The van der Waals surface area contributed by atoms with Crippen LogP contribution in [0.5, 0.6) is 17.2 Å². The number of fused-ring (bicyclic) bond motifs is 3. The van der Waals surface area contributed by atoms with E-state index in [-0.39, 0.29) is 12.3 Å². The summed E-state index contributed by atoms with van der Waals surface area (Å²) in [6, 6.07) is 25.1. The first-order valence-corrected chi connectivity index (χ1v) is 13.8. The molecular formula is C32H38N2O3. The Morgan fingerprint density at radius 2 is 1.46 bits per heavy atom. The third-order valence-corrected chi connectivity index (χ3v) is 7.09. The summed E-state index contributed by atoms with van der Waals surface area (Å²) < 4.78 is 18.3. The minimum atomic E-state index is -0.285. The van der Waals surface area contributed by atoms with Gasteiger partial charge in [-0.3, -0.25) is 0 Å². The zero-order valence-electron chi connectivity index (χ0n) is 22.1. The number of hydrogen-bond donors (Lipinski definition) is 0. The van der Waals surface area contributed by atoms with Gasteiger partial charge < -0.3 is 14.2 Å². The van der Waals surface area contributed by atoms with E-state index >= 15 is 0 Å². The second kappa shape index (κ2) is 12.2. The van der Waals surface area contributed by atoms with Crippen molar-refractivity contribution in [2.24, 2.45) is 5.10 Å². The summed E-state index contributed by atoms with van der Waals surface area (Å²) >= 11 is 0. The number of benzene rings is 3. The first kappa shape index (κ1) is 25.2. The molecule has 5 rings (SSSR count). The van der Waals surface area contributed by atoms with Crippen molar-refractivity contribution in [3.63, 3.8) is 0 Å². The van der Waals surface area contributed by atoms with Crippen molar-refractivity contribution in [3.05, 3.63) is 89.5 Å². The van der Waals surface area contributed by atoms with Gasteiger partial charge in [0.15, 0.2) is 0 Å². The van der Waals surface area contributed by atoms with Crippen LogP contribution in [0.3, 0.4) is 0 Å². The summed E-state index contributed by atoms with van der Waals surface area (Å²) in [5, 5.41) is 7.22. The van der Waals surface area contributed by atoms with E-state index in [1.807, 2.05) is 30.3 Å². The molecule has 2 atom stereocenters. The summed E-state index contributed by atoms with van der Waals surface area (Å²) in [5.74, 6) is 2.74. The molecule has 2 heterocycles. The Kier molecular flexibility index (Phi) is 8.29. The Labute approximate surface area is 221 Å². The van der Waals surface area contributed by atoms with Gasteiger partial charge in [-0.2, -0.15) is 5.10 Å². The monoisotopic (exact) mass is 498 g/mol. The number of hydrazone groups is 1. The van der Waals surface area contributed by atoms with Crippen LogP contribution in [0.15, 0.2) is 77.9 Å². The average molecular weight is 499 g/mol. The lowest BCUT2D eigenvalue weighted by atomic mass is 9.96. The molecule has 0 aromatic heterocycles. The van der Waals surface area contributed by atoms with Gasteiger partial charge in [-0.15, -0.1) is 0 Å². The molecule has 0 amide bonds. The van der Waals surface area contributed by atoms with E-state index in [1.54, 1.807) is 0 Å². The second-order valence-corrected chi connectivity index (χ2v) is 9.86. The SMILES string of the molecule is CCCCCCOc1ccc([C@H]2Oc3ccccc3[C@@H]3CC(c4ccc(OCCCC)cc4)=NN23)cc1. The van der Waals surface area contributed by atoms with Gasteiger partial charge >= 0.3 is 0 Å². The molecule has 37 heavy (non-hydrogen) atoms. The molecule has 3 aromatic rings. The van der Waals surface area contributed by atoms with Gasteiger partial charge in [-0.25, -0.2) is 5.01 Å².